The Morgan fingerprint density at radius 1 is 1.47 bits per heavy atom. The molecule has 1 aromatic carbocycles. The van der Waals surface area contributed by atoms with Crippen molar-refractivity contribution < 1.29 is 4.39 Å². The van der Waals surface area contributed by atoms with Crippen molar-refractivity contribution in [2.75, 3.05) is 11.9 Å². The standard InChI is InChI=1S/C11H13FN4S/c1-3-16-10(13-14-11(16)17)15(2)9-7-5-4-6-8(9)12/h4-7H,3H2,1-2H3,(H,14,17). The Morgan fingerprint density at radius 3 is 2.82 bits per heavy atom. The van der Waals surface area contributed by atoms with Crippen molar-refractivity contribution in [1.82, 2.24) is 14.8 Å². The highest BCUT2D eigenvalue weighted by atomic mass is 32.1. The summed E-state index contributed by atoms with van der Waals surface area (Å²) in [5.74, 6) is 0.314. The molecule has 0 aliphatic heterocycles. The number of benzene rings is 1. The molecular formula is C11H13FN4S. The molecule has 0 saturated heterocycles. The molecule has 90 valence electrons. The highest BCUT2D eigenvalue weighted by molar-refractivity contribution is 7.71. The van der Waals surface area contributed by atoms with Gasteiger partial charge in [-0.3, -0.25) is 4.57 Å². The maximum atomic E-state index is 13.7. The van der Waals surface area contributed by atoms with Gasteiger partial charge in [0.1, 0.15) is 5.82 Å². The average Bonchev–Trinajstić information content (AvgIpc) is 2.70. The van der Waals surface area contributed by atoms with Gasteiger partial charge in [0, 0.05) is 13.6 Å². The molecule has 0 aliphatic carbocycles. The molecule has 0 bridgehead atoms. The van der Waals surface area contributed by atoms with Gasteiger partial charge < -0.3 is 4.90 Å². The summed E-state index contributed by atoms with van der Waals surface area (Å²) in [6.45, 7) is 2.65. The van der Waals surface area contributed by atoms with Crippen LogP contribution in [0.4, 0.5) is 16.0 Å². The Hall–Kier alpha value is -1.69. The summed E-state index contributed by atoms with van der Waals surface area (Å²) in [6.07, 6.45) is 0. The third-order valence-electron chi connectivity index (χ3n) is 2.57. The van der Waals surface area contributed by atoms with Gasteiger partial charge in [-0.25, -0.2) is 9.49 Å². The predicted octanol–water partition coefficient (Wildman–Crippen LogP) is 2.87. The van der Waals surface area contributed by atoms with Crippen LogP contribution in [0.5, 0.6) is 0 Å². The van der Waals surface area contributed by atoms with E-state index in [1.807, 2.05) is 11.5 Å². The van der Waals surface area contributed by atoms with Crippen LogP contribution in [0.3, 0.4) is 0 Å². The molecule has 2 aromatic rings. The van der Waals surface area contributed by atoms with Gasteiger partial charge in [-0.2, -0.15) is 0 Å². The van der Waals surface area contributed by atoms with Crippen LogP contribution in [0.1, 0.15) is 6.92 Å². The molecule has 4 nitrogen and oxygen atoms in total. The van der Waals surface area contributed by atoms with Crippen LogP contribution in [0.25, 0.3) is 0 Å². The molecule has 1 aromatic heterocycles. The molecule has 0 spiro atoms. The van der Waals surface area contributed by atoms with Gasteiger partial charge in [0.2, 0.25) is 5.95 Å². The zero-order chi connectivity index (χ0) is 12.4. The molecule has 0 fully saturated rings. The number of aromatic nitrogens is 3. The summed E-state index contributed by atoms with van der Waals surface area (Å²) in [6, 6.07) is 6.56. The number of nitrogens with one attached hydrogen (secondary N) is 1. The lowest BCUT2D eigenvalue weighted by Crippen LogP contribution is -2.16. The Bertz CT molecular complexity index is 575. The average molecular weight is 252 g/mol. The molecule has 0 radical (unpaired) electrons. The van der Waals surface area contributed by atoms with E-state index < -0.39 is 0 Å². The summed E-state index contributed by atoms with van der Waals surface area (Å²) >= 11 is 5.10. The normalized spacial score (nSPS) is 10.5. The van der Waals surface area contributed by atoms with Crippen molar-refractivity contribution in [3.05, 3.63) is 34.9 Å². The van der Waals surface area contributed by atoms with E-state index in [1.165, 1.54) is 6.07 Å². The summed E-state index contributed by atoms with van der Waals surface area (Å²) in [7, 11) is 1.76. The lowest BCUT2D eigenvalue weighted by Gasteiger charge is -2.18. The topological polar surface area (TPSA) is 36.9 Å². The molecule has 0 atom stereocenters. The third kappa shape index (κ3) is 2.08. The number of H-pyrrole nitrogens is 1. The molecule has 2 rings (SSSR count). The fourth-order valence-electron chi connectivity index (χ4n) is 1.68. The zero-order valence-electron chi connectivity index (χ0n) is 9.64. The first-order valence-corrected chi connectivity index (χ1v) is 5.69. The van der Waals surface area contributed by atoms with Crippen LogP contribution in [-0.2, 0) is 6.54 Å². The minimum atomic E-state index is -0.286. The molecule has 1 N–H and O–H groups in total. The van der Waals surface area contributed by atoms with Gasteiger partial charge in [-0.1, -0.05) is 12.1 Å². The number of hydrogen-bond acceptors (Lipinski definition) is 3. The fourth-order valence-corrected chi connectivity index (χ4v) is 1.94. The monoisotopic (exact) mass is 252 g/mol. The second-order valence-corrected chi connectivity index (χ2v) is 3.97. The lowest BCUT2D eigenvalue weighted by atomic mass is 10.3. The second-order valence-electron chi connectivity index (χ2n) is 3.58. The largest absolute Gasteiger partial charge is 0.311 e. The Morgan fingerprint density at radius 2 is 2.18 bits per heavy atom. The number of rotatable bonds is 3. The van der Waals surface area contributed by atoms with E-state index >= 15 is 0 Å². The van der Waals surface area contributed by atoms with Gasteiger partial charge in [-0.05, 0) is 31.3 Å². The minimum absolute atomic E-state index is 0.286. The van der Waals surface area contributed by atoms with Gasteiger partial charge >= 0.3 is 0 Å². The Balaban J connectivity index is 2.47. The quantitative estimate of drug-likeness (QED) is 0.853. The number of anilines is 2. The number of halogens is 1. The summed E-state index contributed by atoms with van der Waals surface area (Å²) in [4.78, 5) is 1.67. The Labute approximate surface area is 104 Å². The smallest absolute Gasteiger partial charge is 0.230 e. The van der Waals surface area contributed by atoms with Crippen LogP contribution in [-0.4, -0.2) is 21.8 Å². The van der Waals surface area contributed by atoms with Crippen molar-refractivity contribution in [1.29, 1.82) is 0 Å². The first-order chi connectivity index (χ1) is 8.15. The maximum absolute atomic E-state index is 13.7. The minimum Gasteiger partial charge on any atom is -0.311 e. The molecule has 1 heterocycles. The lowest BCUT2D eigenvalue weighted by molar-refractivity contribution is 0.625. The van der Waals surface area contributed by atoms with Crippen LogP contribution < -0.4 is 4.90 Å². The first-order valence-electron chi connectivity index (χ1n) is 5.28. The molecular weight excluding hydrogens is 239 g/mol. The summed E-state index contributed by atoms with van der Waals surface area (Å²) < 4.78 is 16.0. The number of hydrogen-bond donors (Lipinski definition) is 1. The maximum Gasteiger partial charge on any atom is 0.230 e. The molecule has 0 saturated carbocycles. The van der Waals surface area contributed by atoms with Gasteiger partial charge in [0.05, 0.1) is 5.69 Å². The van der Waals surface area contributed by atoms with E-state index in [4.69, 9.17) is 12.2 Å². The van der Waals surface area contributed by atoms with Crippen LogP contribution in [0.15, 0.2) is 24.3 Å². The molecule has 0 unspecified atom stereocenters. The van der Waals surface area contributed by atoms with Crippen molar-refractivity contribution in [2.45, 2.75) is 13.5 Å². The highest BCUT2D eigenvalue weighted by Gasteiger charge is 2.14. The van der Waals surface area contributed by atoms with Crippen LogP contribution >= 0.6 is 12.2 Å². The number of para-hydroxylation sites is 1. The van der Waals surface area contributed by atoms with E-state index in [9.17, 15) is 4.39 Å². The summed E-state index contributed by atoms with van der Waals surface area (Å²) in [5, 5.41) is 6.82. The first kappa shape index (κ1) is 11.8. The zero-order valence-corrected chi connectivity index (χ0v) is 10.5. The number of nitrogens with zero attached hydrogens (tertiary/aromatic N) is 3. The highest BCUT2D eigenvalue weighted by Crippen LogP contribution is 2.24. The second kappa shape index (κ2) is 4.67. The molecule has 0 amide bonds. The predicted molar refractivity (Wildman–Crippen MR) is 67.5 cm³/mol. The van der Waals surface area contributed by atoms with Crippen molar-refractivity contribution in [2.24, 2.45) is 0 Å². The van der Waals surface area contributed by atoms with Crippen LogP contribution in [0.2, 0.25) is 0 Å². The van der Waals surface area contributed by atoms with Gasteiger partial charge in [0.25, 0.3) is 0 Å². The molecule has 0 aliphatic rings. The van der Waals surface area contributed by atoms with Crippen molar-refractivity contribution in [3.63, 3.8) is 0 Å². The Kier molecular flexibility index (Phi) is 3.23. The summed E-state index contributed by atoms with van der Waals surface area (Å²) in [5.41, 5.74) is 0.469. The van der Waals surface area contributed by atoms with Crippen molar-refractivity contribution in [3.8, 4) is 0 Å². The third-order valence-corrected chi connectivity index (χ3v) is 2.88. The van der Waals surface area contributed by atoms with Gasteiger partial charge in [0.15, 0.2) is 4.77 Å². The van der Waals surface area contributed by atoms with E-state index in [2.05, 4.69) is 10.2 Å². The van der Waals surface area contributed by atoms with Crippen LogP contribution in [0, 0.1) is 10.6 Å². The van der Waals surface area contributed by atoms with Gasteiger partial charge in [-0.15, -0.1) is 5.10 Å². The SMILES string of the molecule is CCn1c(N(C)c2ccccc2F)n[nH]c1=S. The van der Waals surface area contributed by atoms with E-state index in [1.54, 1.807) is 30.1 Å². The number of aromatic amines is 1. The fraction of sp³-hybridized carbons (Fsp3) is 0.273. The van der Waals surface area contributed by atoms with Crippen molar-refractivity contribution >= 4 is 23.9 Å². The molecule has 17 heavy (non-hydrogen) atoms. The van der Waals surface area contributed by atoms with E-state index in [-0.39, 0.29) is 5.82 Å². The van der Waals surface area contributed by atoms with E-state index in [0.717, 1.165) is 0 Å². The molecule has 6 heteroatoms. The van der Waals surface area contributed by atoms with E-state index in [0.29, 0.717) is 23.0 Å².